The molecule has 2 aromatic rings. The van der Waals surface area contributed by atoms with Gasteiger partial charge in [0.05, 0.1) is 18.4 Å². The van der Waals surface area contributed by atoms with Gasteiger partial charge in [0, 0.05) is 5.56 Å². The summed E-state index contributed by atoms with van der Waals surface area (Å²) in [4.78, 5) is 7.71. The number of imidazole rings is 1. The van der Waals surface area contributed by atoms with Crippen LogP contribution in [0.4, 0.5) is 0 Å². The van der Waals surface area contributed by atoms with Crippen molar-refractivity contribution in [3.63, 3.8) is 0 Å². The number of rotatable bonds is 5. The SMILES string of the molecule is CCCNCc1ncc(-c2ccc3c(c2)OCCO3)[nH]1. The highest BCUT2D eigenvalue weighted by Gasteiger charge is 2.13. The Kier molecular flexibility index (Phi) is 3.87. The van der Waals surface area contributed by atoms with Gasteiger partial charge in [-0.05, 0) is 31.2 Å². The molecule has 0 unspecified atom stereocenters. The summed E-state index contributed by atoms with van der Waals surface area (Å²) in [5.41, 5.74) is 2.05. The van der Waals surface area contributed by atoms with E-state index in [1.807, 2.05) is 24.4 Å². The van der Waals surface area contributed by atoms with Gasteiger partial charge in [-0.15, -0.1) is 0 Å². The maximum Gasteiger partial charge on any atom is 0.162 e. The number of ether oxygens (including phenoxy) is 2. The Balaban J connectivity index is 1.75. The van der Waals surface area contributed by atoms with Crippen LogP contribution in [0.3, 0.4) is 0 Å². The Morgan fingerprint density at radius 1 is 1.25 bits per heavy atom. The van der Waals surface area contributed by atoms with Crippen molar-refractivity contribution in [3.05, 3.63) is 30.2 Å². The van der Waals surface area contributed by atoms with Crippen molar-refractivity contribution in [1.82, 2.24) is 15.3 Å². The maximum atomic E-state index is 5.60. The van der Waals surface area contributed by atoms with E-state index < -0.39 is 0 Å². The molecule has 2 N–H and O–H groups in total. The molecule has 1 aromatic heterocycles. The van der Waals surface area contributed by atoms with Crippen LogP contribution in [0.5, 0.6) is 11.5 Å². The van der Waals surface area contributed by atoms with Crippen LogP contribution in [0.2, 0.25) is 0 Å². The van der Waals surface area contributed by atoms with Crippen LogP contribution >= 0.6 is 0 Å². The van der Waals surface area contributed by atoms with Crippen molar-refractivity contribution < 1.29 is 9.47 Å². The zero-order valence-electron chi connectivity index (χ0n) is 11.6. The summed E-state index contributed by atoms with van der Waals surface area (Å²) in [6.07, 6.45) is 2.98. The molecule has 0 saturated carbocycles. The molecular weight excluding hydrogens is 254 g/mol. The summed E-state index contributed by atoms with van der Waals surface area (Å²) in [6, 6.07) is 5.95. The Hall–Kier alpha value is -2.01. The van der Waals surface area contributed by atoms with Crippen LogP contribution in [0.1, 0.15) is 19.2 Å². The first-order valence-electron chi connectivity index (χ1n) is 7.01. The van der Waals surface area contributed by atoms with Gasteiger partial charge in [0.25, 0.3) is 0 Å². The highest BCUT2D eigenvalue weighted by Crippen LogP contribution is 2.33. The summed E-state index contributed by atoms with van der Waals surface area (Å²) in [7, 11) is 0. The first-order chi connectivity index (χ1) is 9.86. The van der Waals surface area contributed by atoms with E-state index >= 15 is 0 Å². The molecule has 20 heavy (non-hydrogen) atoms. The first-order valence-corrected chi connectivity index (χ1v) is 7.01. The molecule has 0 saturated heterocycles. The topological polar surface area (TPSA) is 59.2 Å². The lowest BCUT2D eigenvalue weighted by atomic mass is 10.1. The fraction of sp³-hybridized carbons (Fsp3) is 0.400. The number of fused-ring (bicyclic) bond motifs is 1. The zero-order chi connectivity index (χ0) is 13.8. The van der Waals surface area contributed by atoms with Gasteiger partial charge >= 0.3 is 0 Å². The lowest BCUT2D eigenvalue weighted by molar-refractivity contribution is 0.171. The van der Waals surface area contributed by atoms with Crippen LogP contribution in [-0.2, 0) is 6.54 Å². The fourth-order valence-corrected chi connectivity index (χ4v) is 2.19. The van der Waals surface area contributed by atoms with Crippen molar-refractivity contribution >= 4 is 0 Å². The maximum absolute atomic E-state index is 5.60. The Morgan fingerprint density at radius 3 is 2.95 bits per heavy atom. The van der Waals surface area contributed by atoms with E-state index in [-0.39, 0.29) is 0 Å². The van der Waals surface area contributed by atoms with Gasteiger partial charge in [0.2, 0.25) is 0 Å². The van der Waals surface area contributed by atoms with Crippen LogP contribution in [0.25, 0.3) is 11.3 Å². The number of H-pyrrole nitrogens is 1. The van der Waals surface area contributed by atoms with Gasteiger partial charge in [-0.3, -0.25) is 0 Å². The average Bonchev–Trinajstić information content (AvgIpc) is 2.96. The van der Waals surface area contributed by atoms with Crippen LogP contribution in [0, 0.1) is 0 Å². The smallest absolute Gasteiger partial charge is 0.162 e. The Bertz CT molecular complexity index is 580. The number of hydrogen-bond acceptors (Lipinski definition) is 4. The molecule has 1 aliphatic rings. The minimum Gasteiger partial charge on any atom is -0.486 e. The van der Waals surface area contributed by atoms with Crippen molar-refractivity contribution in [2.45, 2.75) is 19.9 Å². The lowest BCUT2D eigenvalue weighted by Crippen LogP contribution is -2.15. The highest BCUT2D eigenvalue weighted by molar-refractivity contribution is 5.63. The molecule has 2 heterocycles. The standard InChI is InChI=1S/C15H19N3O2/c1-2-5-16-10-15-17-9-12(18-15)11-3-4-13-14(8-11)20-7-6-19-13/h3-4,8-9,16H,2,5-7,10H2,1H3,(H,17,18). The molecule has 0 spiro atoms. The first kappa shape index (κ1) is 13.0. The third kappa shape index (κ3) is 2.77. The Labute approximate surface area is 118 Å². The van der Waals surface area contributed by atoms with Crippen molar-refractivity contribution in [2.24, 2.45) is 0 Å². The second-order valence-electron chi connectivity index (χ2n) is 4.78. The quantitative estimate of drug-likeness (QED) is 0.821. The predicted octanol–water partition coefficient (Wildman–Crippen LogP) is 2.35. The van der Waals surface area contributed by atoms with E-state index in [0.29, 0.717) is 13.2 Å². The predicted molar refractivity (Wildman–Crippen MR) is 77.0 cm³/mol. The lowest BCUT2D eigenvalue weighted by Gasteiger charge is -2.18. The molecule has 0 amide bonds. The van der Waals surface area contributed by atoms with E-state index in [1.54, 1.807) is 0 Å². The molecule has 106 valence electrons. The largest absolute Gasteiger partial charge is 0.486 e. The van der Waals surface area contributed by atoms with Gasteiger partial charge in [0.15, 0.2) is 11.5 Å². The summed E-state index contributed by atoms with van der Waals surface area (Å²) >= 11 is 0. The van der Waals surface area contributed by atoms with Crippen LogP contribution < -0.4 is 14.8 Å². The highest BCUT2D eigenvalue weighted by atomic mass is 16.6. The number of benzene rings is 1. The van der Waals surface area contributed by atoms with Crippen LogP contribution in [-0.4, -0.2) is 29.7 Å². The molecule has 0 fully saturated rings. The third-order valence-corrected chi connectivity index (χ3v) is 3.20. The zero-order valence-corrected chi connectivity index (χ0v) is 11.6. The third-order valence-electron chi connectivity index (χ3n) is 3.20. The summed E-state index contributed by atoms with van der Waals surface area (Å²) in [5.74, 6) is 2.56. The van der Waals surface area contributed by atoms with Crippen molar-refractivity contribution in [2.75, 3.05) is 19.8 Å². The Morgan fingerprint density at radius 2 is 2.10 bits per heavy atom. The van der Waals surface area contributed by atoms with Gasteiger partial charge in [-0.1, -0.05) is 6.92 Å². The second-order valence-corrected chi connectivity index (χ2v) is 4.78. The molecule has 1 aliphatic heterocycles. The molecule has 5 nitrogen and oxygen atoms in total. The van der Waals surface area contributed by atoms with Gasteiger partial charge < -0.3 is 19.8 Å². The molecule has 0 aliphatic carbocycles. The number of hydrogen-bond donors (Lipinski definition) is 2. The molecule has 1 aromatic carbocycles. The van der Waals surface area contributed by atoms with E-state index in [9.17, 15) is 0 Å². The van der Waals surface area contributed by atoms with E-state index in [1.165, 1.54) is 0 Å². The van der Waals surface area contributed by atoms with E-state index in [0.717, 1.165) is 48.1 Å². The molecule has 0 atom stereocenters. The monoisotopic (exact) mass is 273 g/mol. The molecule has 5 heteroatoms. The van der Waals surface area contributed by atoms with Crippen molar-refractivity contribution in [3.8, 4) is 22.8 Å². The molecular formula is C15H19N3O2. The van der Waals surface area contributed by atoms with Crippen LogP contribution in [0.15, 0.2) is 24.4 Å². The number of nitrogens with one attached hydrogen (secondary N) is 2. The molecule has 0 bridgehead atoms. The van der Waals surface area contributed by atoms with Crippen molar-refractivity contribution in [1.29, 1.82) is 0 Å². The number of aromatic nitrogens is 2. The summed E-state index contributed by atoms with van der Waals surface area (Å²) < 4.78 is 11.1. The normalized spacial score (nSPS) is 13.4. The summed E-state index contributed by atoms with van der Waals surface area (Å²) in [5, 5.41) is 3.33. The summed E-state index contributed by atoms with van der Waals surface area (Å²) in [6.45, 7) is 5.13. The van der Waals surface area contributed by atoms with E-state index in [4.69, 9.17) is 9.47 Å². The molecule has 3 rings (SSSR count). The molecule has 0 radical (unpaired) electrons. The minimum atomic E-state index is 0.603. The average molecular weight is 273 g/mol. The fourth-order valence-electron chi connectivity index (χ4n) is 2.19. The number of aromatic amines is 1. The van der Waals surface area contributed by atoms with Gasteiger partial charge in [-0.25, -0.2) is 4.98 Å². The van der Waals surface area contributed by atoms with Gasteiger partial charge in [0.1, 0.15) is 19.0 Å². The van der Waals surface area contributed by atoms with Gasteiger partial charge in [-0.2, -0.15) is 0 Å². The number of nitrogens with zero attached hydrogens (tertiary/aromatic N) is 1. The second kappa shape index (κ2) is 5.96. The van der Waals surface area contributed by atoms with E-state index in [2.05, 4.69) is 22.2 Å². The minimum absolute atomic E-state index is 0.603.